The molecule has 1 aliphatic heterocycles. The molecule has 0 aliphatic carbocycles. The van der Waals surface area contributed by atoms with Crippen LogP contribution in [0.4, 0.5) is 5.82 Å². The summed E-state index contributed by atoms with van der Waals surface area (Å²) in [6.07, 6.45) is 0.560. The summed E-state index contributed by atoms with van der Waals surface area (Å²) in [5.74, 6) is 0.368. The highest BCUT2D eigenvalue weighted by atomic mass is 16.6. The monoisotopic (exact) mass is 337 g/mol. The van der Waals surface area contributed by atoms with E-state index in [0.717, 1.165) is 6.42 Å². The summed E-state index contributed by atoms with van der Waals surface area (Å²) in [6.45, 7) is 0.960. The number of hydrogen-bond donors (Lipinski definition) is 5. The van der Waals surface area contributed by atoms with E-state index in [1.54, 1.807) is 4.57 Å². The topological polar surface area (TPSA) is 171 Å². The summed E-state index contributed by atoms with van der Waals surface area (Å²) in [5.41, 5.74) is 17.9. The summed E-state index contributed by atoms with van der Waals surface area (Å²) in [6, 6.07) is 0. The van der Waals surface area contributed by atoms with E-state index in [-0.39, 0.29) is 11.7 Å². The molecule has 3 rings (SSSR count). The number of fused-ring (bicyclic) bond motifs is 1. The Kier molecular flexibility index (Phi) is 4.92. The highest BCUT2D eigenvalue weighted by Crippen LogP contribution is 2.34. The second kappa shape index (κ2) is 6.95. The van der Waals surface area contributed by atoms with Crippen molar-refractivity contribution < 1.29 is 14.9 Å². The van der Waals surface area contributed by atoms with E-state index in [2.05, 4.69) is 15.0 Å². The third-order valence-corrected chi connectivity index (χ3v) is 4.47. The molecule has 10 heteroatoms. The van der Waals surface area contributed by atoms with E-state index in [4.69, 9.17) is 21.9 Å². The van der Waals surface area contributed by atoms with Crippen LogP contribution in [-0.2, 0) is 4.74 Å². The van der Waals surface area contributed by atoms with Gasteiger partial charge in [0.2, 0.25) is 0 Å². The molecular formula is C14H23N7O3. The second-order valence-corrected chi connectivity index (χ2v) is 6.04. The normalized spacial score (nSPS) is 28.5. The first-order valence-corrected chi connectivity index (χ1v) is 7.91. The molecule has 0 radical (unpaired) electrons. The molecule has 0 aromatic carbocycles. The summed E-state index contributed by atoms with van der Waals surface area (Å²) >= 11 is 0. The van der Waals surface area contributed by atoms with Gasteiger partial charge in [-0.3, -0.25) is 4.57 Å². The van der Waals surface area contributed by atoms with Crippen LogP contribution in [0.5, 0.6) is 0 Å². The molecule has 1 aliphatic rings. The van der Waals surface area contributed by atoms with Gasteiger partial charge in [0.15, 0.2) is 17.7 Å². The Morgan fingerprint density at radius 2 is 2.00 bits per heavy atom. The van der Waals surface area contributed by atoms with Crippen LogP contribution in [0.3, 0.4) is 0 Å². The zero-order valence-electron chi connectivity index (χ0n) is 13.2. The molecule has 0 spiro atoms. The molecule has 1 fully saturated rings. The molecule has 0 saturated carbocycles. The lowest BCUT2D eigenvalue weighted by Gasteiger charge is -2.20. The van der Waals surface area contributed by atoms with Crippen LogP contribution in [-0.4, -0.2) is 61.1 Å². The first-order chi connectivity index (χ1) is 11.6. The fourth-order valence-electron chi connectivity index (χ4n) is 3.11. The van der Waals surface area contributed by atoms with Gasteiger partial charge in [0, 0.05) is 0 Å². The van der Waals surface area contributed by atoms with Crippen molar-refractivity contribution in [2.24, 2.45) is 17.4 Å². The molecule has 10 nitrogen and oxygen atoms in total. The van der Waals surface area contributed by atoms with E-state index in [1.807, 2.05) is 0 Å². The number of nitrogens with zero attached hydrogens (tertiary/aromatic N) is 4. The third-order valence-electron chi connectivity index (χ3n) is 4.47. The van der Waals surface area contributed by atoms with Crippen molar-refractivity contribution in [3.05, 3.63) is 12.7 Å². The number of imidazole rings is 1. The molecule has 2 aromatic heterocycles. The van der Waals surface area contributed by atoms with Crippen LogP contribution in [0.1, 0.15) is 19.1 Å². The minimum absolute atomic E-state index is 0.123. The molecule has 5 atom stereocenters. The number of nitrogen functional groups attached to an aromatic ring is 1. The zero-order valence-corrected chi connectivity index (χ0v) is 13.2. The third kappa shape index (κ3) is 2.94. The number of hydrogen-bond acceptors (Lipinski definition) is 9. The smallest absolute Gasteiger partial charge is 0.167 e. The lowest BCUT2D eigenvalue weighted by atomic mass is 9.95. The van der Waals surface area contributed by atoms with Crippen molar-refractivity contribution in [2.45, 2.75) is 37.4 Å². The molecule has 0 bridgehead atoms. The molecule has 3 heterocycles. The molecule has 2 unspecified atom stereocenters. The Morgan fingerprint density at radius 3 is 2.71 bits per heavy atom. The van der Waals surface area contributed by atoms with Crippen LogP contribution in [0.25, 0.3) is 11.2 Å². The van der Waals surface area contributed by atoms with Gasteiger partial charge in [-0.1, -0.05) is 0 Å². The Bertz CT molecular complexity index is 694. The highest BCUT2D eigenvalue weighted by molar-refractivity contribution is 5.81. The van der Waals surface area contributed by atoms with Gasteiger partial charge in [-0.2, -0.15) is 0 Å². The first-order valence-electron chi connectivity index (χ1n) is 7.91. The summed E-state index contributed by atoms with van der Waals surface area (Å²) in [5, 5.41) is 20.7. The number of ether oxygens (including phenoxy) is 1. The van der Waals surface area contributed by atoms with Crippen molar-refractivity contribution in [3.63, 3.8) is 0 Å². The number of anilines is 1. The van der Waals surface area contributed by atoms with Crippen LogP contribution >= 0.6 is 0 Å². The van der Waals surface area contributed by atoms with Crippen molar-refractivity contribution in [1.82, 2.24) is 19.5 Å². The van der Waals surface area contributed by atoms with Gasteiger partial charge < -0.3 is 32.2 Å². The largest absolute Gasteiger partial charge is 0.388 e. The van der Waals surface area contributed by atoms with Gasteiger partial charge in [-0.25, -0.2) is 15.0 Å². The number of aliphatic hydroxyl groups is 2. The SMILES string of the molecule is NCCC(CN)C[C@H]1OC(n2cnc3c(N)ncnc32)[C@H](O)[C@@H]1O. The maximum Gasteiger partial charge on any atom is 0.167 e. The predicted molar refractivity (Wildman–Crippen MR) is 86.5 cm³/mol. The fraction of sp³-hybridized carbons (Fsp3) is 0.643. The predicted octanol–water partition coefficient (Wildman–Crippen LogP) is -1.66. The van der Waals surface area contributed by atoms with E-state index < -0.39 is 24.5 Å². The van der Waals surface area contributed by atoms with E-state index in [0.29, 0.717) is 30.7 Å². The Hall–Kier alpha value is -1.85. The number of rotatable bonds is 6. The second-order valence-electron chi connectivity index (χ2n) is 6.04. The molecule has 8 N–H and O–H groups in total. The van der Waals surface area contributed by atoms with Crippen LogP contribution in [0.15, 0.2) is 12.7 Å². The fourth-order valence-corrected chi connectivity index (χ4v) is 3.11. The Balaban J connectivity index is 1.83. The molecule has 2 aromatic rings. The van der Waals surface area contributed by atoms with Crippen molar-refractivity contribution in [1.29, 1.82) is 0 Å². The van der Waals surface area contributed by atoms with E-state index in [9.17, 15) is 10.2 Å². The Morgan fingerprint density at radius 1 is 1.21 bits per heavy atom. The molecular weight excluding hydrogens is 314 g/mol. The lowest BCUT2D eigenvalue weighted by Crippen LogP contribution is -2.34. The van der Waals surface area contributed by atoms with Gasteiger partial charge in [0.1, 0.15) is 24.1 Å². The average molecular weight is 337 g/mol. The number of nitrogens with two attached hydrogens (primary N) is 3. The lowest BCUT2D eigenvalue weighted by molar-refractivity contribution is -0.0412. The standard InChI is InChI=1S/C14H23N7O3/c15-2-1-7(4-16)3-8-10(22)11(23)14(24-8)21-6-20-9-12(17)18-5-19-13(9)21/h5-8,10-11,14,22-23H,1-4,15-16H2,(H2,17,18,19)/t7?,8-,10-,11-,14?/m1/s1. The maximum atomic E-state index is 10.4. The van der Waals surface area contributed by atoms with Gasteiger partial charge >= 0.3 is 0 Å². The van der Waals surface area contributed by atoms with E-state index in [1.165, 1.54) is 12.7 Å². The minimum Gasteiger partial charge on any atom is -0.388 e. The van der Waals surface area contributed by atoms with Crippen molar-refractivity contribution >= 4 is 17.0 Å². The van der Waals surface area contributed by atoms with Crippen molar-refractivity contribution in [2.75, 3.05) is 18.8 Å². The zero-order chi connectivity index (χ0) is 17.3. The minimum atomic E-state index is -1.11. The first kappa shape index (κ1) is 17.0. The Labute approximate surface area is 138 Å². The van der Waals surface area contributed by atoms with Gasteiger partial charge in [-0.15, -0.1) is 0 Å². The maximum absolute atomic E-state index is 10.4. The van der Waals surface area contributed by atoms with Gasteiger partial charge in [-0.05, 0) is 31.8 Å². The number of aromatic nitrogens is 4. The highest BCUT2D eigenvalue weighted by Gasteiger charge is 2.44. The number of aliphatic hydroxyl groups excluding tert-OH is 2. The van der Waals surface area contributed by atoms with Crippen LogP contribution in [0, 0.1) is 5.92 Å². The summed E-state index contributed by atoms with van der Waals surface area (Å²) < 4.78 is 7.44. The van der Waals surface area contributed by atoms with Gasteiger partial charge in [0.05, 0.1) is 12.4 Å². The average Bonchev–Trinajstić information content (AvgIpc) is 3.12. The molecule has 132 valence electrons. The quantitative estimate of drug-likeness (QED) is 0.413. The molecule has 24 heavy (non-hydrogen) atoms. The van der Waals surface area contributed by atoms with E-state index >= 15 is 0 Å². The van der Waals surface area contributed by atoms with Gasteiger partial charge in [0.25, 0.3) is 0 Å². The van der Waals surface area contributed by atoms with Crippen molar-refractivity contribution in [3.8, 4) is 0 Å². The summed E-state index contributed by atoms with van der Waals surface area (Å²) in [7, 11) is 0. The van der Waals surface area contributed by atoms with Crippen LogP contribution in [0.2, 0.25) is 0 Å². The molecule has 0 amide bonds. The van der Waals surface area contributed by atoms with Crippen LogP contribution < -0.4 is 17.2 Å². The molecule has 1 saturated heterocycles. The summed E-state index contributed by atoms with van der Waals surface area (Å²) in [4.78, 5) is 12.2.